The maximum atomic E-state index is 6.41. The summed E-state index contributed by atoms with van der Waals surface area (Å²) in [5, 5.41) is 0. The van der Waals surface area contributed by atoms with Crippen LogP contribution in [0.4, 0.5) is 0 Å². The molecule has 0 aliphatic carbocycles. The molecule has 2 heterocycles. The Labute approximate surface area is 96.7 Å². The quantitative estimate of drug-likeness (QED) is 0.766. The Morgan fingerprint density at radius 3 is 2.80 bits per heavy atom. The summed E-state index contributed by atoms with van der Waals surface area (Å²) in [5.41, 5.74) is 6.43. The molecule has 2 aliphatic heterocycles. The molecule has 4 heteroatoms. The Morgan fingerprint density at radius 1 is 1.20 bits per heavy atom. The van der Waals surface area contributed by atoms with E-state index in [-0.39, 0.29) is 5.54 Å². The van der Waals surface area contributed by atoms with Crippen LogP contribution < -0.4 is 5.73 Å². The lowest BCUT2D eigenvalue weighted by Crippen LogP contribution is -2.53. The van der Waals surface area contributed by atoms with E-state index >= 15 is 0 Å². The summed E-state index contributed by atoms with van der Waals surface area (Å²) < 4.78 is 5.38. The van der Waals surface area contributed by atoms with Gasteiger partial charge in [-0.3, -0.25) is 0 Å². The van der Waals surface area contributed by atoms with E-state index in [1.165, 1.54) is 31.0 Å². The molecule has 2 N–H and O–H groups in total. The van der Waals surface area contributed by atoms with Crippen molar-refractivity contribution in [2.75, 3.05) is 44.4 Å². The van der Waals surface area contributed by atoms with Crippen molar-refractivity contribution >= 4 is 11.8 Å². The van der Waals surface area contributed by atoms with Crippen LogP contribution in [0.3, 0.4) is 0 Å². The van der Waals surface area contributed by atoms with Gasteiger partial charge in [0.05, 0.1) is 0 Å². The Balaban J connectivity index is 1.82. The van der Waals surface area contributed by atoms with Gasteiger partial charge in [-0.1, -0.05) is 0 Å². The molecule has 0 unspecified atom stereocenters. The fourth-order valence-electron chi connectivity index (χ4n) is 2.34. The Bertz CT molecular complexity index is 187. The molecule has 0 saturated carbocycles. The van der Waals surface area contributed by atoms with Gasteiger partial charge in [-0.2, -0.15) is 11.8 Å². The van der Waals surface area contributed by atoms with Gasteiger partial charge in [0.2, 0.25) is 0 Å². The molecule has 88 valence electrons. The van der Waals surface area contributed by atoms with Gasteiger partial charge >= 0.3 is 0 Å². The highest BCUT2D eigenvalue weighted by Crippen LogP contribution is 2.20. The van der Waals surface area contributed by atoms with Crippen LogP contribution in [0.1, 0.15) is 19.3 Å². The standard InChI is InChI=1S/C11H22N2OS/c12-11(2-6-14-7-3-11)10-13-4-1-8-15-9-5-13/h1-10,12H2. The highest BCUT2D eigenvalue weighted by molar-refractivity contribution is 7.99. The molecule has 0 aromatic carbocycles. The maximum Gasteiger partial charge on any atom is 0.0484 e. The molecular weight excluding hydrogens is 208 g/mol. The first kappa shape index (κ1) is 11.7. The molecule has 2 saturated heterocycles. The number of nitrogens with zero attached hydrogens (tertiary/aromatic N) is 1. The second-order valence-corrected chi connectivity index (χ2v) is 5.94. The van der Waals surface area contributed by atoms with Crippen LogP contribution in [-0.4, -0.2) is 54.8 Å². The molecule has 3 nitrogen and oxygen atoms in total. The van der Waals surface area contributed by atoms with Gasteiger partial charge in [0.25, 0.3) is 0 Å². The number of hydrogen-bond donors (Lipinski definition) is 1. The van der Waals surface area contributed by atoms with Gasteiger partial charge in [-0.25, -0.2) is 0 Å². The van der Waals surface area contributed by atoms with Gasteiger partial charge in [-0.15, -0.1) is 0 Å². The van der Waals surface area contributed by atoms with Crippen molar-refractivity contribution in [2.45, 2.75) is 24.8 Å². The molecule has 0 bridgehead atoms. The predicted octanol–water partition coefficient (Wildman–Crippen LogP) is 0.933. The summed E-state index contributed by atoms with van der Waals surface area (Å²) in [6.45, 7) is 5.20. The minimum Gasteiger partial charge on any atom is -0.381 e. The van der Waals surface area contributed by atoms with E-state index in [9.17, 15) is 0 Å². The van der Waals surface area contributed by atoms with Gasteiger partial charge < -0.3 is 15.4 Å². The number of thioether (sulfide) groups is 1. The molecule has 15 heavy (non-hydrogen) atoms. The largest absolute Gasteiger partial charge is 0.381 e. The van der Waals surface area contributed by atoms with Crippen molar-refractivity contribution in [1.82, 2.24) is 4.90 Å². The SMILES string of the molecule is NC1(CN2CCCSCC2)CCOCC1. The van der Waals surface area contributed by atoms with E-state index < -0.39 is 0 Å². The predicted molar refractivity (Wildman–Crippen MR) is 65.4 cm³/mol. The lowest BCUT2D eigenvalue weighted by atomic mass is 9.90. The molecule has 0 aromatic heterocycles. The first-order valence-corrected chi connectivity index (χ1v) is 7.11. The van der Waals surface area contributed by atoms with Gasteiger partial charge in [-0.05, 0) is 31.6 Å². The van der Waals surface area contributed by atoms with Crippen molar-refractivity contribution in [2.24, 2.45) is 5.73 Å². The fraction of sp³-hybridized carbons (Fsp3) is 1.00. The molecular formula is C11H22N2OS. The molecule has 0 aromatic rings. The zero-order chi connectivity index (χ0) is 10.6. The van der Waals surface area contributed by atoms with E-state index in [2.05, 4.69) is 16.7 Å². The third kappa shape index (κ3) is 3.63. The average Bonchev–Trinajstić information content (AvgIpc) is 2.47. The molecule has 0 spiro atoms. The van der Waals surface area contributed by atoms with Crippen molar-refractivity contribution < 1.29 is 4.74 Å². The number of ether oxygens (including phenoxy) is 1. The minimum atomic E-state index is 0.0211. The highest BCUT2D eigenvalue weighted by atomic mass is 32.2. The van der Waals surface area contributed by atoms with E-state index in [1.54, 1.807) is 0 Å². The van der Waals surface area contributed by atoms with Crippen molar-refractivity contribution in [1.29, 1.82) is 0 Å². The van der Waals surface area contributed by atoms with Crippen molar-refractivity contribution in [3.63, 3.8) is 0 Å². The summed E-state index contributed by atoms with van der Waals surface area (Å²) in [4.78, 5) is 2.55. The maximum absolute atomic E-state index is 6.41. The summed E-state index contributed by atoms with van der Waals surface area (Å²) in [7, 11) is 0. The highest BCUT2D eigenvalue weighted by Gasteiger charge is 2.30. The number of hydrogen-bond acceptors (Lipinski definition) is 4. The van der Waals surface area contributed by atoms with E-state index in [4.69, 9.17) is 10.5 Å². The van der Waals surface area contributed by atoms with Crippen LogP contribution in [0.5, 0.6) is 0 Å². The van der Waals surface area contributed by atoms with E-state index in [1.807, 2.05) is 0 Å². The van der Waals surface area contributed by atoms with Crippen LogP contribution in [0.15, 0.2) is 0 Å². The van der Waals surface area contributed by atoms with Crippen molar-refractivity contribution in [3.05, 3.63) is 0 Å². The van der Waals surface area contributed by atoms with Crippen LogP contribution in [-0.2, 0) is 4.74 Å². The van der Waals surface area contributed by atoms with E-state index in [0.717, 1.165) is 32.6 Å². The normalized spacial score (nSPS) is 28.6. The fourth-order valence-corrected chi connectivity index (χ4v) is 3.26. The van der Waals surface area contributed by atoms with E-state index in [0.29, 0.717) is 0 Å². The summed E-state index contributed by atoms with van der Waals surface area (Å²) >= 11 is 2.07. The zero-order valence-electron chi connectivity index (χ0n) is 9.41. The first-order valence-electron chi connectivity index (χ1n) is 5.95. The zero-order valence-corrected chi connectivity index (χ0v) is 10.2. The van der Waals surface area contributed by atoms with Crippen LogP contribution in [0.25, 0.3) is 0 Å². The molecule has 0 amide bonds. The Kier molecular flexibility index (Phi) is 4.31. The molecule has 0 radical (unpaired) electrons. The lowest BCUT2D eigenvalue weighted by Gasteiger charge is -2.37. The Morgan fingerprint density at radius 2 is 2.00 bits per heavy atom. The first-order chi connectivity index (χ1) is 7.29. The molecule has 2 aliphatic rings. The van der Waals surface area contributed by atoms with Crippen LogP contribution in [0.2, 0.25) is 0 Å². The topological polar surface area (TPSA) is 38.5 Å². The lowest BCUT2D eigenvalue weighted by molar-refractivity contribution is 0.0387. The second-order valence-electron chi connectivity index (χ2n) is 4.72. The molecule has 2 rings (SSSR count). The van der Waals surface area contributed by atoms with Crippen LogP contribution >= 0.6 is 11.8 Å². The molecule has 2 fully saturated rings. The second kappa shape index (κ2) is 5.53. The average molecular weight is 230 g/mol. The van der Waals surface area contributed by atoms with Gasteiger partial charge in [0.15, 0.2) is 0 Å². The Hall–Kier alpha value is 0.230. The number of nitrogens with two attached hydrogens (primary N) is 1. The monoisotopic (exact) mass is 230 g/mol. The number of rotatable bonds is 2. The van der Waals surface area contributed by atoms with Gasteiger partial charge in [0, 0.05) is 37.6 Å². The summed E-state index contributed by atoms with van der Waals surface area (Å²) in [6, 6.07) is 0. The molecule has 0 atom stereocenters. The van der Waals surface area contributed by atoms with Gasteiger partial charge in [0.1, 0.15) is 0 Å². The third-order valence-electron chi connectivity index (χ3n) is 3.34. The summed E-state index contributed by atoms with van der Waals surface area (Å²) in [6.07, 6.45) is 3.37. The van der Waals surface area contributed by atoms with Crippen LogP contribution in [0, 0.1) is 0 Å². The summed E-state index contributed by atoms with van der Waals surface area (Å²) in [5.74, 6) is 2.59. The van der Waals surface area contributed by atoms with Crippen molar-refractivity contribution in [3.8, 4) is 0 Å². The third-order valence-corrected chi connectivity index (χ3v) is 4.39. The minimum absolute atomic E-state index is 0.0211. The smallest absolute Gasteiger partial charge is 0.0484 e.